The fourth-order valence-corrected chi connectivity index (χ4v) is 2.12. The highest BCUT2D eigenvalue weighted by Gasteiger charge is 2.15. The summed E-state index contributed by atoms with van der Waals surface area (Å²) in [6, 6.07) is 0. The van der Waals surface area contributed by atoms with Crippen molar-refractivity contribution in [3.05, 3.63) is 11.2 Å². The SMILES string of the molecule is CCNc1ncc(Cl)c(NCCC2CCCO2)n1. The Morgan fingerprint density at radius 3 is 3.11 bits per heavy atom. The first-order chi connectivity index (χ1) is 8.79. The third kappa shape index (κ3) is 3.71. The average molecular weight is 271 g/mol. The van der Waals surface area contributed by atoms with E-state index in [-0.39, 0.29) is 0 Å². The third-order valence-electron chi connectivity index (χ3n) is 2.86. The van der Waals surface area contributed by atoms with Gasteiger partial charge < -0.3 is 15.4 Å². The number of hydrogen-bond acceptors (Lipinski definition) is 5. The molecule has 18 heavy (non-hydrogen) atoms. The molecule has 0 amide bonds. The van der Waals surface area contributed by atoms with E-state index in [0.29, 0.717) is 22.9 Å². The zero-order valence-corrected chi connectivity index (χ0v) is 11.3. The molecule has 2 heterocycles. The van der Waals surface area contributed by atoms with Crippen molar-refractivity contribution in [1.29, 1.82) is 0 Å². The van der Waals surface area contributed by atoms with Crippen molar-refractivity contribution in [2.45, 2.75) is 32.3 Å². The van der Waals surface area contributed by atoms with Crippen LogP contribution in [0.4, 0.5) is 11.8 Å². The van der Waals surface area contributed by atoms with Crippen LogP contribution in [0.5, 0.6) is 0 Å². The first kappa shape index (κ1) is 13.4. The molecule has 1 aliphatic rings. The van der Waals surface area contributed by atoms with E-state index in [2.05, 4.69) is 20.6 Å². The van der Waals surface area contributed by atoms with Crippen molar-refractivity contribution in [3.63, 3.8) is 0 Å². The molecule has 1 atom stereocenters. The van der Waals surface area contributed by atoms with Gasteiger partial charge in [-0.1, -0.05) is 11.6 Å². The van der Waals surface area contributed by atoms with Crippen molar-refractivity contribution in [3.8, 4) is 0 Å². The minimum atomic E-state index is 0.381. The molecule has 0 saturated carbocycles. The van der Waals surface area contributed by atoms with Crippen LogP contribution < -0.4 is 10.6 Å². The number of aromatic nitrogens is 2. The highest BCUT2D eigenvalue weighted by molar-refractivity contribution is 6.32. The summed E-state index contributed by atoms with van der Waals surface area (Å²) in [5, 5.41) is 6.84. The predicted octanol–water partition coefficient (Wildman–Crippen LogP) is 2.54. The largest absolute Gasteiger partial charge is 0.378 e. The smallest absolute Gasteiger partial charge is 0.224 e. The summed E-state index contributed by atoms with van der Waals surface area (Å²) in [7, 11) is 0. The van der Waals surface area contributed by atoms with E-state index in [1.165, 1.54) is 6.42 Å². The Balaban J connectivity index is 1.85. The van der Waals surface area contributed by atoms with E-state index in [9.17, 15) is 0 Å². The maximum absolute atomic E-state index is 6.05. The molecule has 0 aliphatic carbocycles. The number of nitrogens with one attached hydrogen (secondary N) is 2. The van der Waals surface area contributed by atoms with E-state index in [0.717, 1.165) is 32.5 Å². The van der Waals surface area contributed by atoms with E-state index in [1.807, 2.05) is 6.92 Å². The van der Waals surface area contributed by atoms with Gasteiger partial charge in [-0.3, -0.25) is 0 Å². The molecule has 1 aliphatic heterocycles. The zero-order chi connectivity index (χ0) is 12.8. The van der Waals surface area contributed by atoms with Gasteiger partial charge in [-0.15, -0.1) is 0 Å². The van der Waals surface area contributed by atoms with Gasteiger partial charge in [0.2, 0.25) is 5.95 Å². The van der Waals surface area contributed by atoms with Crippen LogP contribution in [0.3, 0.4) is 0 Å². The second kappa shape index (κ2) is 6.75. The number of ether oxygens (including phenoxy) is 1. The van der Waals surface area contributed by atoms with E-state index in [1.54, 1.807) is 6.20 Å². The first-order valence-corrected chi connectivity index (χ1v) is 6.79. The molecule has 6 heteroatoms. The predicted molar refractivity (Wildman–Crippen MR) is 73.3 cm³/mol. The van der Waals surface area contributed by atoms with Gasteiger partial charge in [0, 0.05) is 19.7 Å². The van der Waals surface area contributed by atoms with Crippen molar-refractivity contribution in [2.75, 3.05) is 30.3 Å². The Hall–Kier alpha value is -1.07. The fourth-order valence-electron chi connectivity index (χ4n) is 1.96. The summed E-state index contributed by atoms with van der Waals surface area (Å²) in [5.74, 6) is 1.28. The van der Waals surface area contributed by atoms with Gasteiger partial charge in [0.1, 0.15) is 10.8 Å². The lowest BCUT2D eigenvalue weighted by Crippen LogP contribution is -2.14. The quantitative estimate of drug-likeness (QED) is 0.832. The Morgan fingerprint density at radius 2 is 2.39 bits per heavy atom. The van der Waals surface area contributed by atoms with Gasteiger partial charge in [0.15, 0.2) is 0 Å². The van der Waals surface area contributed by atoms with Crippen LogP contribution in [-0.4, -0.2) is 35.8 Å². The summed E-state index contributed by atoms with van der Waals surface area (Å²) in [6.45, 7) is 4.50. The summed E-state index contributed by atoms with van der Waals surface area (Å²) in [6.07, 6.45) is 5.30. The van der Waals surface area contributed by atoms with E-state index < -0.39 is 0 Å². The Labute approximate surface area is 112 Å². The molecular weight excluding hydrogens is 252 g/mol. The lowest BCUT2D eigenvalue weighted by atomic mass is 10.2. The van der Waals surface area contributed by atoms with Crippen molar-refractivity contribution in [2.24, 2.45) is 0 Å². The van der Waals surface area contributed by atoms with E-state index in [4.69, 9.17) is 16.3 Å². The Kier molecular flexibility index (Phi) is 5.01. The van der Waals surface area contributed by atoms with Gasteiger partial charge in [-0.25, -0.2) is 4.98 Å². The number of halogens is 1. The van der Waals surface area contributed by atoms with Crippen LogP contribution in [-0.2, 0) is 4.74 Å². The van der Waals surface area contributed by atoms with Crippen LogP contribution in [0.1, 0.15) is 26.2 Å². The molecule has 1 fully saturated rings. The number of hydrogen-bond donors (Lipinski definition) is 2. The highest BCUT2D eigenvalue weighted by atomic mass is 35.5. The minimum Gasteiger partial charge on any atom is -0.378 e. The first-order valence-electron chi connectivity index (χ1n) is 6.41. The van der Waals surface area contributed by atoms with Crippen LogP contribution in [0.2, 0.25) is 5.02 Å². The fraction of sp³-hybridized carbons (Fsp3) is 0.667. The maximum atomic E-state index is 6.05. The van der Waals surface area contributed by atoms with Gasteiger partial charge in [0.05, 0.1) is 12.3 Å². The molecule has 0 radical (unpaired) electrons. The van der Waals surface area contributed by atoms with Crippen molar-refractivity contribution < 1.29 is 4.74 Å². The summed E-state index contributed by atoms with van der Waals surface area (Å²) in [5.41, 5.74) is 0. The molecule has 2 rings (SSSR count). The number of anilines is 2. The molecular formula is C12H19ClN4O. The number of rotatable bonds is 6. The molecule has 1 saturated heterocycles. The topological polar surface area (TPSA) is 59.1 Å². The van der Waals surface area contributed by atoms with Gasteiger partial charge in [0.25, 0.3) is 0 Å². The van der Waals surface area contributed by atoms with Gasteiger partial charge >= 0.3 is 0 Å². The zero-order valence-electron chi connectivity index (χ0n) is 10.6. The van der Waals surface area contributed by atoms with Crippen molar-refractivity contribution >= 4 is 23.4 Å². The third-order valence-corrected chi connectivity index (χ3v) is 3.14. The van der Waals surface area contributed by atoms with Gasteiger partial charge in [-0.05, 0) is 26.2 Å². The molecule has 100 valence electrons. The Morgan fingerprint density at radius 1 is 1.50 bits per heavy atom. The van der Waals surface area contributed by atoms with Gasteiger partial charge in [-0.2, -0.15) is 4.98 Å². The number of nitrogens with zero attached hydrogens (tertiary/aromatic N) is 2. The summed E-state index contributed by atoms with van der Waals surface area (Å²) in [4.78, 5) is 8.42. The highest BCUT2D eigenvalue weighted by Crippen LogP contribution is 2.20. The molecule has 0 bridgehead atoms. The second-order valence-electron chi connectivity index (χ2n) is 4.27. The van der Waals surface area contributed by atoms with Crippen LogP contribution in [0, 0.1) is 0 Å². The monoisotopic (exact) mass is 270 g/mol. The van der Waals surface area contributed by atoms with Crippen LogP contribution >= 0.6 is 11.6 Å². The van der Waals surface area contributed by atoms with Crippen LogP contribution in [0.25, 0.3) is 0 Å². The van der Waals surface area contributed by atoms with Crippen molar-refractivity contribution in [1.82, 2.24) is 9.97 Å². The summed E-state index contributed by atoms with van der Waals surface area (Å²) >= 11 is 6.05. The minimum absolute atomic E-state index is 0.381. The molecule has 0 aromatic carbocycles. The molecule has 2 N–H and O–H groups in total. The molecule has 0 spiro atoms. The van der Waals surface area contributed by atoms with E-state index >= 15 is 0 Å². The molecule has 1 aromatic rings. The molecule has 1 aromatic heterocycles. The van der Waals surface area contributed by atoms with Crippen LogP contribution in [0.15, 0.2) is 6.20 Å². The lowest BCUT2D eigenvalue weighted by molar-refractivity contribution is 0.107. The summed E-state index contributed by atoms with van der Waals surface area (Å²) < 4.78 is 5.57. The Bertz CT molecular complexity index is 382. The normalized spacial score (nSPS) is 18.9. The average Bonchev–Trinajstić information content (AvgIpc) is 2.86. The second-order valence-corrected chi connectivity index (χ2v) is 4.68. The molecule has 1 unspecified atom stereocenters. The standard InChI is InChI=1S/C12H19ClN4O/c1-2-14-12-16-8-10(13)11(17-12)15-6-5-9-4-3-7-18-9/h8-9H,2-7H2,1H3,(H2,14,15,16,17). The lowest BCUT2D eigenvalue weighted by Gasteiger charge is -2.12. The maximum Gasteiger partial charge on any atom is 0.224 e. The molecule has 5 nitrogen and oxygen atoms in total.